The van der Waals surface area contributed by atoms with Crippen LogP contribution in [0, 0.1) is 5.41 Å². The smallest absolute Gasteiger partial charge is 0.130 e. The third-order valence-electron chi connectivity index (χ3n) is 3.52. The Morgan fingerprint density at radius 2 is 2.06 bits per heavy atom. The zero-order chi connectivity index (χ0) is 12.4. The highest BCUT2D eigenvalue weighted by atomic mass is 14.7. The first-order chi connectivity index (χ1) is 8.17. The first-order valence-corrected chi connectivity index (χ1v) is 6.36. The summed E-state index contributed by atoms with van der Waals surface area (Å²) in [6.07, 6.45) is 2.05. The number of aryl methyl sites for hydroxylation is 1. The Balaban J connectivity index is 2.76. The fourth-order valence-corrected chi connectivity index (χ4v) is 2.27. The fourth-order valence-electron chi connectivity index (χ4n) is 2.27. The normalized spacial score (nSPS) is 12.9. The molecule has 2 rings (SSSR count). The van der Waals surface area contributed by atoms with Gasteiger partial charge in [0.2, 0.25) is 0 Å². The molecular formula is C15H20N2. The summed E-state index contributed by atoms with van der Waals surface area (Å²) < 4.78 is 0. The lowest BCUT2D eigenvalue weighted by molar-refractivity contribution is 0.738. The highest BCUT2D eigenvalue weighted by Gasteiger charge is 2.09. The summed E-state index contributed by atoms with van der Waals surface area (Å²) >= 11 is 0. The van der Waals surface area contributed by atoms with Gasteiger partial charge in [0, 0.05) is 11.1 Å². The van der Waals surface area contributed by atoms with E-state index in [4.69, 9.17) is 5.41 Å². The molecule has 17 heavy (non-hydrogen) atoms. The molecule has 2 N–H and O–H groups in total. The Bertz CT molecular complexity index is 581. The minimum atomic E-state index is 0.503. The Morgan fingerprint density at radius 3 is 2.71 bits per heavy atom. The fraction of sp³-hybridized carbons (Fsp3) is 0.400. The van der Waals surface area contributed by atoms with E-state index in [9.17, 15) is 0 Å². The zero-order valence-corrected chi connectivity index (χ0v) is 10.8. The molecule has 1 aromatic heterocycles. The van der Waals surface area contributed by atoms with E-state index in [-0.39, 0.29) is 0 Å². The van der Waals surface area contributed by atoms with Crippen molar-refractivity contribution in [1.82, 2.24) is 4.98 Å². The van der Waals surface area contributed by atoms with Crippen LogP contribution >= 0.6 is 0 Å². The third-order valence-corrected chi connectivity index (χ3v) is 3.52. The number of nitrogens with one attached hydrogen (secondary N) is 2. The highest BCUT2D eigenvalue weighted by Crippen LogP contribution is 2.25. The standard InChI is InChI=1S/C15H20N2/c1-4-10(3)13-8-6-7-11-9-12(5-2)17-15(16)14(11)13/h6-10H,4-5H2,1-3H3,(H2,16,17). The molecule has 0 saturated carbocycles. The molecule has 1 atom stereocenters. The second-order valence-electron chi connectivity index (χ2n) is 4.64. The molecule has 0 aliphatic rings. The van der Waals surface area contributed by atoms with Crippen LogP contribution < -0.4 is 5.49 Å². The predicted octanol–water partition coefficient (Wildman–Crippen LogP) is 3.72. The van der Waals surface area contributed by atoms with Crippen molar-refractivity contribution in [1.29, 1.82) is 5.41 Å². The summed E-state index contributed by atoms with van der Waals surface area (Å²) in [6.45, 7) is 6.52. The SMILES string of the molecule is CCc1cc2cccc(C(C)CC)c2c(=N)[nH]1. The minimum absolute atomic E-state index is 0.503. The van der Waals surface area contributed by atoms with Gasteiger partial charge in [-0.3, -0.25) is 5.41 Å². The van der Waals surface area contributed by atoms with Crippen LogP contribution in [-0.4, -0.2) is 4.98 Å². The van der Waals surface area contributed by atoms with Crippen LogP contribution in [0.2, 0.25) is 0 Å². The largest absolute Gasteiger partial charge is 0.344 e. The second-order valence-corrected chi connectivity index (χ2v) is 4.64. The summed E-state index contributed by atoms with van der Waals surface area (Å²) in [5.41, 5.74) is 2.97. The molecule has 2 aromatic rings. The van der Waals surface area contributed by atoms with E-state index >= 15 is 0 Å². The van der Waals surface area contributed by atoms with E-state index in [1.54, 1.807) is 0 Å². The lowest BCUT2D eigenvalue weighted by Gasteiger charge is -2.13. The van der Waals surface area contributed by atoms with Gasteiger partial charge in [-0.05, 0) is 35.8 Å². The number of aromatic amines is 1. The van der Waals surface area contributed by atoms with Crippen LogP contribution in [0.3, 0.4) is 0 Å². The molecule has 1 aromatic carbocycles. The lowest BCUT2D eigenvalue weighted by atomic mass is 9.93. The highest BCUT2D eigenvalue weighted by molar-refractivity contribution is 5.85. The van der Waals surface area contributed by atoms with Gasteiger partial charge in [0.15, 0.2) is 0 Å². The van der Waals surface area contributed by atoms with E-state index in [1.807, 2.05) is 0 Å². The summed E-state index contributed by atoms with van der Waals surface area (Å²) in [6, 6.07) is 8.52. The molecule has 0 saturated heterocycles. The number of hydrogen-bond acceptors (Lipinski definition) is 1. The van der Waals surface area contributed by atoms with Crippen LogP contribution in [0.15, 0.2) is 24.3 Å². The summed E-state index contributed by atoms with van der Waals surface area (Å²) in [7, 11) is 0. The maximum Gasteiger partial charge on any atom is 0.130 e. The molecule has 0 bridgehead atoms. The van der Waals surface area contributed by atoms with Gasteiger partial charge in [-0.25, -0.2) is 0 Å². The first kappa shape index (κ1) is 11.9. The first-order valence-electron chi connectivity index (χ1n) is 6.36. The molecule has 0 aliphatic heterocycles. The lowest BCUT2D eigenvalue weighted by Crippen LogP contribution is -2.12. The number of aromatic nitrogens is 1. The second kappa shape index (κ2) is 4.74. The summed E-state index contributed by atoms with van der Waals surface area (Å²) in [5, 5.41) is 10.4. The van der Waals surface area contributed by atoms with Crippen molar-refractivity contribution < 1.29 is 0 Å². The number of fused-ring (bicyclic) bond motifs is 1. The van der Waals surface area contributed by atoms with Crippen molar-refractivity contribution >= 4 is 10.8 Å². The molecule has 90 valence electrons. The molecule has 2 heteroatoms. The number of benzene rings is 1. The van der Waals surface area contributed by atoms with Crippen LogP contribution in [0.25, 0.3) is 10.8 Å². The van der Waals surface area contributed by atoms with Gasteiger partial charge < -0.3 is 4.98 Å². The van der Waals surface area contributed by atoms with Crippen molar-refractivity contribution in [2.24, 2.45) is 0 Å². The Labute approximate surface area is 102 Å². The number of H-pyrrole nitrogens is 1. The Kier molecular flexibility index (Phi) is 3.32. The number of pyridine rings is 1. The van der Waals surface area contributed by atoms with Crippen molar-refractivity contribution in [3.8, 4) is 0 Å². The molecule has 0 amide bonds. The molecule has 0 radical (unpaired) electrons. The van der Waals surface area contributed by atoms with Crippen LogP contribution in [0.5, 0.6) is 0 Å². The zero-order valence-electron chi connectivity index (χ0n) is 10.8. The summed E-state index contributed by atoms with van der Waals surface area (Å²) in [5.74, 6) is 0.503. The van der Waals surface area contributed by atoms with Crippen LogP contribution in [0.1, 0.15) is 44.4 Å². The maximum absolute atomic E-state index is 8.16. The van der Waals surface area contributed by atoms with Gasteiger partial charge in [0.1, 0.15) is 5.49 Å². The average Bonchev–Trinajstić information content (AvgIpc) is 2.36. The quantitative estimate of drug-likeness (QED) is 0.803. The van der Waals surface area contributed by atoms with Crippen molar-refractivity contribution in [3.63, 3.8) is 0 Å². The van der Waals surface area contributed by atoms with Gasteiger partial charge in [0.25, 0.3) is 0 Å². The van der Waals surface area contributed by atoms with Gasteiger partial charge in [-0.2, -0.15) is 0 Å². The molecule has 1 unspecified atom stereocenters. The Hall–Kier alpha value is -1.57. The maximum atomic E-state index is 8.16. The van der Waals surface area contributed by atoms with Crippen LogP contribution in [-0.2, 0) is 6.42 Å². The number of rotatable bonds is 3. The molecule has 0 aliphatic carbocycles. The molecule has 2 nitrogen and oxygen atoms in total. The van der Waals surface area contributed by atoms with Crippen molar-refractivity contribution in [2.75, 3.05) is 0 Å². The van der Waals surface area contributed by atoms with Gasteiger partial charge >= 0.3 is 0 Å². The van der Waals surface area contributed by atoms with E-state index in [0.29, 0.717) is 11.4 Å². The van der Waals surface area contributed by atoms with Crippen molar-refractivity contribution in [3.05, 3.63) is 41.0 Å². The average molecular weight is 228 g/mol. The van der Waals surface area contributed by atoms with E-state index in [0.717, 1.165) is 23.9 Å². The minimum Gasteiger partial charge on any atom is -0.344 e. The topological polar surface area (TPSA) is 39.6 Å². The molecule has 1 heterocycles. The predicted molar refractivity (Wildman–Crippen MR) is 72.2 cm³/mol. The van der Waals surface area contributed by atoms with E-state index in [2.05, 4.69) is 50.0 Å². The summed E-state index contributed by atoms with van der Waals surface area (Å²) in [4.78, 5) is 3.19. The van der Waals surface area contributed by atoms with Crippen molar-refractivity contribution in [2.45, 2.75) is 39.5 Å². The molecule has 0 spiro atoms. The Morgan fingerprint density at radius 1 is 1.29 bits per heavy atom. The van der Waals surface area contributed by atoms with Gasteiger partial charge in [-0.15, -0.1) is 0 Å². The van der Waals surface area contributed by atoms with E-state index in [1.165, 1.54) is 10.9 Å². The van der Waals surface area contributed by atoms with Gasteiger partial charge in [-0.1, -0.05) is 39.0 Å². The molecular weight excluding hydrogens is 208 g/mol. The molecule has 0 fully saturated rings. The van der Waals surface area contributed by atoms with E-state index < -0.39 is 0 Å². The number of hydrogen-bond donors (Lipinski definition) is 2. The monoisotopic (exact) mass is 228 g/mol. The van der Waals surface area contributed by atoms with Gasteiger partial charge in [0.05, 0.1) is 0 Å². The third kappa shape index (κ3) is 2.12. The van der Waals surface area contributed by atoms with Crippen LogP contribution in [0.4, 0.5) is 0 Å².